The molecule has 3 aromatic carbocycles. The predicted octanol–water partition coefficient (Wildman–Crippen LogP) is 4.74. The van der Waals surface area contributed by atoms with Gasteiger partial charge in [-0.3, -0.25) is 9.59 Å². The molecular formula is C26H26N2O4. The highest BCUT2D eigenvalue weighted by Crippen LogP contribution is 2.34. The number of carbonyl (C=O) groups excluding carboxylic acids is 2. The van der Waals surface area contributed by atoms with Crippen molar-refractivity contribution in [2.45, 2.75) is 25.9 Å². The highest BCUT2D eigenvalue weighted by atomic mass is 16.5. The predicted molar refractivity (Wildman–Crippen MR) is 123 cm³/mol. The van der Waals surface area contributed by atoms with Crippen molar-refractivity contribution in [2.75, 3.05) is 19.5 Å². The Morgan fingerprint density at radius 3 is 2.28 bits per heavy atom. The molecule has 0 unspecified atom stereocenters. The van der Waals surface area contributed by atoms with Gasteiger partial charge >= 0.3 is 0 Å². The number of nitrogens with one attached hydrogen (secondary N) is 1. The summed E-state index contributed by atoms with van der Waals surface area (Å²) < 4.78 is 10.6. The first-order valence-electron chi connectivity index (χ1n) is 10.5. The summed E-state index contributed by atoms with van der Waals surface area (Å²) >= 11 is 0. The first-order valence-corrected chi connectivity index (χ1v) is 10.5. The number of hydrogen-bond donors (Lipinski definition) is 1. The summed E-state index contributed by atoms with van der Waals surface area (Å²) in [6.45, 7) is 2.49. The third-order valence-electron chi connectivity index (χ3n) is 5.70. The number of nitrogens with zero attached hydrogens (tertiary/aromatic N) is 1. The third-order valence-corrected chi connectivity index (χ3v) is 5.70. The lowest BCUT2D eigenvalue weighted by atomic mass is 10.00. The molecule has 0 bridgehead atoms. The molecule has 1 N–H and O–H groups in total. The lowest BCUT2D eigenvalue weighted by molar-refractivity contribution is -0.117. The van der Waals surface area contributed by atoms with Gasteiger partial charge in [-0.2, -0.15) is 0 Å². The van der Waals surface area contributed by atoms with Gasteiger partial charge in [0.15, 0.2) is 0 Å². The summed E-state index contributed by atoms with van der Waals surface area (Å²) in [7, 11) is 3.12. The van der Waals surface area contributed by atoms with E-state index in [4.69, 9.17) is 9.47 Å². The standard InChI is InChI=1S/C26H26N2O4/c1-17-8-10-18(11-9-17)24(28-16-19-6-4-5-7-23(19)26(28)30)15-25(29)27-20-12-21(31-2)14-22(13-20)32-3/h4-14,24H,15-16H2,1-3H3,(H,27,29)/t24-/m1/s1. The maximum atomic E-state index is 13.1. The Hall–Kier alpha value is -3.80. The Kier molecular flexibility index (Phi) is 6.12. The quantitative estimate of drug-likeness (QED) is 0.588. The van der Waals surface area contributed by atoms with Crippen molar-refractivity contribution in [2.24, 2.45) is 0 Å². The van der Waals surface area contributed by atoms with E-state index in [1.807, 2.05) is 55.5 Å². The van der Waals surface area contributed by atoms with E-state index < -0.39 is 0 Å². The highest BCUT2D eigenvalue weighted by molar-refractivity contribution is 5.99. The zero-order chi connectivity index (χ0) is 22.7. The number of amides is 2. The van der Waals surface area contributed by atoms with Crippen molar-refractivity contribution in [3.8, 4) is 11.5 Å². The number of methoxy groups -OCH3 is 2. The first-order chi connectivity index (χ1) is 15.5. The molecule has 1 heterocycles. The summed E-state index contributed by atoms with van der Waals surface area (Å²) in [5, 5.41) is 2.93. The molecule has 1 aliphatic heterocycles. The summed E-state index contributed by atoms with van der Waals surface area (Å²) in [6.07, 6.45) is 0.127. The number of anilines is 1. The Bertz CT molecular complexity index is 1120. The second-order valence-electron chi connectivity index (χ2n) is 7.87. The van der Waals surface area contributed by atoms with Crippen molar-refractivity contribution in [3.05, 3.63) is 89.0 Å². The van der Waals surface area contributed by atoms with E-state index in [0.717, 1.165) is 16.7 Å². The fourth-order valence-corrected chi connectivity index (χ4v) is 3.99. The molecule has 0 aliphatic carbocycles. The zero-order valence-corrected chi connectivity index (χ0v) is 18.4. The van der Waals surface area contributed by atoms with Crippen LogP contribution in [0.5, 0.6) is 11.5 Å². The molecule has 0 radical (unpaired) electrons. The largest absolute Gasteiger partial charge is 0.497 e. The molecule has 0 saturated carbocycles. The van der Waals surface area contributed by atoms with Crippen molar-refractivity contribution >= 4 is 17.5 Å². The summed E-state index contributed by atoms with van der Waals surface area (Å²) in [4.78, 5) is 28.0. The molecule has 0 fully saturated rings. The Labute approximate surface area is 187 Å². The SMILES string of the molecule is COc1cc(NC(=O)C[C@H](c2ccc(C)cc2)N2Cc3ccccc3C2=O)cc(OC)c1. The molecule has 3 aromatic rings. The van der Waals surface area contributed by atoms with Crippen LogP contribution in [0.15, 0.2) is 66.7 Å². The van der Waals surface area contributed by atoms with Crippen LogP contribution in [-0.4, -0.2) is 30.9 Å². The minimum atomic E-state index is -0.386. The van der Waals surface area contributed by atoms with Gasteiger partial charge in [0.25, 0.3) is 5.91 Å². The van der Waals surface area contributed by atoms with E-state index in [1.165, 1.54) is 0 Å². The van der Waals surface area contributed by atoms with Crippen LogP contribution in [0.25, 0.3) is 0 Å². The van der Waals surface area contributed by atoms with E-state index in [0.29, 0.717) is 29.3 Å². The third kappa shape index (κ3) is 4.44. The topological polar surface area (TPSA) is 67.9 Å². The maximum absolute atomic E-state index is 13.1. The van der Waals surface area contributed by atoms with Crippen LogP contribution in [0.2, 0.25) is 0 Å². The van der Waals surface area contributed by atoms with Gasteiger partial charge in [0.2, 0.25) is 5.91 Å². The molecule has 1 atom stereocenters. The molecule has 2 amide bonds. The molecule has 6 heteroatoms. The van der Waals surface area contributed by atoms with Crippen LogP contribution < -0.4 is 14.8 Å². The number of carbonyl (C=O) groups is 2. The van der Waals surface area contributed by atoms with E-state index >= 15 is 0 Å². The summed E-state index contributed by atoms with van der Waals surface area (Å²) in [6, 6.07) is 20.4. The van der Waals surface area contributed by atoms with Crippen molar-refractivity contribution in [3.63, 3.8) is 0 Å². The fraction of sp³-hybridized carbons (Fsp3) is 0.231. The minimum Gasteiger partial charge on any atom is -0.497 e. The average Bonchev–Trinajstić information content (AvgIpc) is 3.14. The number of hydrogen-bond acceptors (Lipinski definition) is 4. The molecular weight excluding hydrogens is 404 g/mol. The van der Waals surface area contributed by atoms with Crippen LogP contribution in [-0.2, 0) is 11.3 Å². The molecule has 164 valence electrons. The van der Waals surface area contributed by atoms with Gasteiger partial charge in [-0.25, -0.2) is 0 Å². The monoisotopic (exact) mass is 430 g/mol. The second kappa shape index (κ2) is 9.14. The van der Waals surface area contributed by atoms with Gasteiger partial charge in [0.05, 0.1) is 26.7 Å². The van der Waals surface area contributed by atoms with Crippen molar-refractivity contribution in [1.29, 1.82) is 0 Å². The van der Waals surface area contributed by atoms with Crippen LogP contribution in [0.3, 0.4) is 0 Å². The summed E-state index contributed by atoms with van der Waals surface area (Å²) in [5.41, 5.74) is 4.30. The molecule has 4 rings (SSSR count). The lowest BCUT2D eigenvalue weighted by Crippen LogP contribution is -2.32. The maximum Gasteiger partial charge on any atom is 0.255 e. The molecule has 32 heavy (non-hydrogen) atoms. The Morgan fingerprint density at radius 1 is 1.00 bits per heavy atom. The molecule has 1 aliphatic rings. The normalized spacial score (nSPS) is 13.5. The van der Waals surface area contributed by atoms with E-state index in [1.54, 1.807) is 37.3 Å². The molecule has 6 nitrogen and oxygen atoms in total. The van der Waals surface area contributed by atoms with Crippen LogP contribution in [0.1, 0.15) is 39.5 Å². The second-order valence-corrected chi connectivity index (χ2v) is 7.87. The smallest absolute Gasteiger partial charge is 0.255 e. The van der Waals surface area contributed by atoms with Crippen molar-refractivity contribution in [1.82, 2.24) is 4.90 Å². The van der Waals surface area contributed by atoms with Gasteiger partial charge in [0.1, 0.15) is 11.5 Å². The number of rotatable bonds is 7. The average molecular weight is 431 g/mol. The molecule has 0 spiro atoms. The minimum absolute atomic E-state index is 0.0537. The van der Waals surface area contributed by atoms with Gasteiger partial charge in [0, 0.05) is 36.0 Å². The Morgan fingerprint density at radius 2 is 1.66 bits per heavy atom. The first kappa shape index (κ1) is 21.4. The van der Waals surface area contributed by atoms with Gasteiger partial charge in [-0.1, -0.05) is 48.0 Å². The molecule has 0 saturated heterocycles. The zero-order valence-electron chi connectivity index (χ0n) is 18.4. The van der Waals surface area contributed by atoms with Crippen LogP contribution in [0.4, 0.5) is 5.69 Å². The van der Waals surface area contributed by atoms with Gasteiger partial charge < -0.3 is 19.7 Å². The van der Waals surface area contributed by atoms with Crippen molar-refractivity contribution < 1.29 is 19.1 Å². The van der Waals surface area contributed by atoms with E-state index in [9.17, 15) is 9.59 Å². The number of ether oxygens (including phenoxy) is 2. The number of aryl methyl sites for hydroxylation is 1. The van der Waals surface area contributed by atoms with Gasteiger partial charge in [-0.05, 0) is 24.1 Å². The lowest BCUT2D eigenvalue weighted by Gasteiger charge is -2.28. The van der Waals surface area contributed by atoms with E-state index in [-0.39, 0.29) is 24.3 Å². The van der Waals surface area contributed by atoms with Crippen LogP contribution in [0, 0.1) is 6.92 Å². The highest BCUT2D eigenvalue weighted by Gasteiger charge is 2.34. The summed E-state index contributed by atoms with van der Waals surface area (Å²) in [5.74, 6) is 0.913. The number of fused-ring (bicyclic) bond motifs is 1. The molecule has 0 aromatic heterocycles. The Balaban J connectivity index is 1.60. The van der Waals surface area contributed by atoms with Crippen LogP contribution >= 0.6 is 0 Å². The van der Waals surface area contributed by atoms with E-state index in [2.05, 4.69) is 5.32 Å². The number of benzene rings is 3. The van der Waals surface area contributed by atoms with Gasteiger partial charge in [-0.15, -0.1) is 0 Å². The fourth-order valence-electron chi connectivity index (χ4n) is 3.99.